The van der Waals surface area contributed by atoms with Gasteiger partial charge in [0.15, 0.2) is 0 Å². The minimum atomic E-state index is 0.687. The molecule has 32 heavy (non-hydrogen) atoms. The number of benzene rings is 3. The molecule has 4 bridgehead atoms. The highest BCUT2D eigenvalue weighted by molar-refractivity contribution is 5.73. The van der Waals surface area contributed by atoms with E-state index in [0.717, 1.165) is 31.4 Å². The SMILES string of the molecule is CC(C)Cc1cc2ccc1CCc1ccc(c(-c3ccnc(-c4ccccc4)c3)c1)CC2. The Morgan fingerprint density at radius 1 is 0.688 bits per heavy atom. The Labute approximate surface area is 192 Å². The molecule has 0 aliphatic heterocycles. The summed E-state index contributed by atoms with van der Waals surface area (Å²) < 4.78 is 0. The van der Waals surface area contributed by atoms with E-state index >= 15 is 0 Å². The molecule has 0 saturated heterocycles. The number of rotatable bonds is 4. The molecule has 1 aromatic heterocycles. The molecule has 0 N–H and O–H groups in total. The van der Waals surface area contributed by atoms with E-state index in [-0.39, 0.29) is 0 Å². The summed E-state index contributed by atoms with van der Waals surface area (Å²) in [7, 11) is 0. The van der Waals surface area contributed by atoms with Gasteiger partial charge in [-0.1, -0.05) is 80.6 Å². The van der Waals surface area contributed by atoms with Crippen molar-refractivity contribution in [3.63, 3.8) is 0 Å². The van der Waals surface area contributed by atoms with Gasteiger partial charge in [0.2, 0.25) is 0 Å². The van der Waals surface area contributed by atoms with Gasteiger partial charge in [0.25, 0.3) is 0 Å². The first-order valence-corrected chi connectivity index (χ1v) is 11.9. The normalized spacial score (nSPS) is 13.2. The molecule has 8 rings (SSSR count). The van der Waals surface area contributed by atoms with Crippen LogP contribution in [0.1, 0.15) is 41.7 Å². The highest BCUT2D eigenvalue weighted by atomic mass is 14.7. The molecular weight excluding hydrogens is 386 g/mol. The molecule has 0 spiro atoms. The number of hydrogen-bond acceptors (Lipinski definition) is 1. The van der Waals surface area contributed by atoms with E-state index in [2.05, 4.69) is 97.7 Å². The highest BCUT2D eigenvalue weighted by Gasteiger charge is 2.13. The van der Waals surface area contributed by atoms with Gasteiger partial charge in [-0.05, 0) is 89.1 Å². The number of pyridine rings is 1. The fraction of sp³-hybridized carbons (Fsp3) is 0.258. The Bertz CT molecular complexity index is 1220. The average molecular weight is 418 g/mol. The lowest BCUT2D eigenvalue weighted by atomic mass is 9.87. The predicted octanol–water partition coefficient (Wildman–Crippen LogP) is 7.50. The summed E-state index contributed by atoms with van der Waals surface area (Å²) in [4.78, 5) is 4.65. The van der Waals surface area contributed by atoms with E-state index in [1.807, 2.05) is 6.20 Å². The van der Waals surface area contributed by atoms with Gasteiger partial charge in [-0.15, -0.1) is 0 Å². The summed E-state index contributed by atoms with van der Waals surface area (Å²) in [6, 6.07) is 29.2. The van der Waals surface area contributed by atoms with Crippen LogP contribution in [0.15, 0.2) is 85.1 Å². The van der Waals surface area contributed by atoms with Crippen molar-refractivity contribution in [2.24, 2.45) is 5.92 Å². The summed E-state index contributed by atoms with van der Waals surface area (Å²) in [6.07, 6.45) is 7.44. The van der Waals surface area contributed by atoms with Crippen LogP contribution in [0.25, 0.3) is 22.4 Å². The minimum absolute atomic E-state index is 0.687. The fourth-order valence-electron chi connectivity index (χ4n) is 4.90. The number of nitrogens with zero attached hydrogens (tertiary/aromatic N) is 1. The van der Waals surface area contributed by atoms with Crippen molar-refractivity contribution >= 4 is 0 Å². The second kappa shape index (κ2) is 9.12. The third kappa shape index (κ3) is 4.53. The lowest BCUT2D eigenvalue weighted by Gasteiger charge is -2.18. The van der Waals surface area contributed by atoms with Crippen LogP contribution in [-0.2, 0) is 32.1 Å². The van der Waals surface area contributed by atoms with Gasteiger partial charge in [0.1, 0.15) is 0 Å². The summed E-state index contributed by atoms with van der Waals surface area (Å²) in [5.41, 5.74) is 12.2. The Hall–Kier alpha value is -3.19. The van der Waals surface area contributed by atoms with Crippen molar-refractivity contribution in [3.8, 4) is 22.4 Å². The molecule has 4 aromatic rings. The molecule has 0 unspecified atom stereocenters. The zero-order valence-corrected chi connectivity index (χ0v) is 19.1. The lowest BCUT2D eigenvalue weighted by molar-refractivity contribution is 0.641. The van der Waals surface area contributed by atoms with Gasteiger partial charge in [0, 0.05) is 11.8 Å². The minimum Gasteiger partial charge on any atom is -0.256 e. The van der Waals surface area contributed by atoms with Gasteiger partial charge in [0.05, 0.1) is 5.69 Å². The molecule has 3 aromatic carbocycles. The van der Waals surface area contributed by atoms with Crippen LogP contribution in [-0.4, -0.2) is 4.98 Å². The quantitative estimate of drug-likeness (QED) is 0.335. The van der Waals surface area contributed by atoms with Gasteiger partial charge in [-0.25, -0.2) is 0 Å². The van der Waals surface area contributed by atoms with Crippen molar-refractivity contribution in [1.29, 1.82) is 0 Å². The predicted molar refractivity (Wildman–Crippen MR) is 135 cm³/mol. The number of aryl methyl sites for hydroxylation is 4. The van der Waals surface area contributed by atoms with Gasteiger partial charge in [-0.3, -0.25) is 4.98 Å². The zero-order chi connectivity index (χ0) is 21.9. The summed E-state index contributed by atoms with van der Waals surface area (Å²) in [5.74, 6) is 0.687. The molecule has 4 aliphatic rings. The topological polar surface area (TPSA) is 12.9 Å². The van der Waals surface area contributed by atoms with Crippen LogP contribution >= 0.6 is 0 Å². The largest absolute Gasteiger partial charge is 0.256 e. The third-order valence-electron chi connectivity index (χ3n) is 6.58. The van der Waals surface area contributed by atoms with Crippen LogP contribution in [0.5, 0.6) is 0 Å². The van der Waals surface area contributed by atoms with E-state index in [0.29, 0.717) is 5.92 Å². The van der Waals surface area contributed by atoms with Crippen LogP contribution in [0.2, 0.25) is 0 Å². The van der Waals surface area contributed by atoms with Crippen LogP contribution < -0.4 is 0 Å². The standard InChI is InChI=1S/C31H31N/c1-22(2)18-29-19-23-8-12-25(29)13-9-24-11-15-26(14-10-23)30(20-24)28-16-17-32-31(21-28)27-6-4-3-5-7-27/h3-8,11-12,15-17,19-22H,9-10,13-14,18H2,1-2H3. The Kier molecular flexibility index (Phi) is 5.90. The summed E-state index contributed by atoms with van der Waals surface area (Å²) in [5, 5.41) is 0. The van der Waals surface area contributed by atoms with Crippen molar-refractivity contribution in [1.82, 2.24) is 4.98 Å². The van der Waals surface area contributed by atoms with E-state index in [9.17, 15) is 0 Å². The maximum absolute atomic E-state index is 4.65. The smallest absolute Gasteiger partial charge is 0.0708 e. The molecule has 0 amide bonds. The molecule has 1 heteroatoms. The second-order valence-corrected chi connectivity index (χ2v) is 9.49. The molecule has 0 saturated carbocycles. The summed E-state index contributed by atoms with van der Waals surface area (Å²) in [6.45, 7) is 4.64. The average Bonchev–Trinajstić information content (AvgIpc) is 2.81. The first kappa shape index (κ1) is 20.7. The van der Waals surface area contributed by atoms with E-state index in [1.54, 1.807) is 5.56 Å². The van der Waals surface area contributed by atoms with E-state index < -0.39 is 0 Å². The van der Waals surface area contributed by atoms with Gasteiger partial charge in [-0.2, -0.15) is 0 Å². The van der Waals surface area contributed by atoms with Crippen LogP contribution in [0, 0.1) is 5.92 Å². The third-order valence-corrected chi connectivity index (χ3v) is 6.58. The fourth-order valence-corrected chi connectivity index (χ4v) is 4.90. The molecule has 0 atom stereocenters. The van der Waals surface area contributed by atoms with E-state index in [4.69, 9.17) is 0 Å². The van der Waals surface area contributed by atoms with Gasteiger partial charge < -0.3 is 0 Å². The number of aromatic nitrogens is 1. The van der Waals surface area contributed by atoms with Crippen LogP contribution in [0.4, 0.5) is 0 Å². The summed E-state index contributed by atoms with van der Waals surface area (Å²) >= 11 is 0. The first-order valence-electron chi connectivity index (χ1n) is 11.9. The molecule has 1 heterocycles. The monoisotopic (exact) mass is 417 g/mol. The van der Waals surface area contributed by atoms with Crippen molar-refractivity contribution in [3.05, 3.63) is 113 Å². The first-order chi connectivity index (χ1) is 15.7. The molecule has 0 fully saturated rings. The molecule has 0 radical (unpaired) electrons. The van der Waals surface area contributed by atoms with Gasteiger partial charge >= 0.3 is 0 Å². The van der Waals surface area contributed by atoms with E-state index in [1.165, 1.54) is 45.4 Å². The highest BCUT2D eigenvalue weighted by Crippen LogP contribution is 2.31. The zero-order valence-electron chi connectivity index (χ0n) is 19.1. The van der Waals surface area contributed by atoms with Crippen molar-refractivity contribution < 1.29 is 0 Å². The van der Waals surface area contributed by atoms with Crippen molar-refractivity contribution in [2.45, 2.75) is 46.0 Å². The Balaban J connectivity index is 1.52. The molecule has 4 aliphatic carbocycles. The maximum atomic E-state index is 4.65. The number of hydrogen-bond donors (Lipinski definition) is 0. The Morgan fingerprint density at radius 2 is 1.41 bits per heavy atom. The molecule has 160 valence electrons. The molecule has 1 nitrogen and oxygen atoms in total. The second-order valence-electron chi connectivity index (χ2n) is 9.49. The molecular formula is C31H31N. The van der Waals surface area contributed by atoms with Crippen molar-refractivity contribution in [2.75, 3.05) is 0 Å². The van der Waals surface area contributed by atoms with Crippen LogP contribution in [0.3, 0.4) is 0 Å². The maximum Gasteiger partial charge on any atom is 0.0708 e. The lowest BCUT2D eigenvalue weighted by Crippen LogP contribution is -2.05. The Morgan fingerprint density at radius 3 is 2.19 bits per heavy atom.